The van der Waals surface area contributed by atoms with Gasteiger partial charge >= 0.3 is 5.97 Å². The molecular weight excluding hydrogens is 218 g/mol. The molecule has 98 valence electrons. The van der Waals surface area contributed by atoms with Crippen molar-refractivity contribution in [3.05, 3.63) is 0 Å². The van der Waals surface area contributed by atoms with Crippen LogP contribution in [-0.2, 0) is 9.59 Å². The number of hydrogen-bond donors (Lipinski definition) is 2. The van der Waals surface area contributed by atoms with Gasteiger partial charge in [0.2, 0.25) is 5.91 Å². The molecule has 0 bridgehead atoms. The van der Waals surface area contributed by atoms with Crippen LogP contribution in [0.15, 0.2) is 0 Å². The maximum atomic E-state index is 11.9. The molecule has 0 radical (unpaired) electrons. The molecule has 0 heterocycles. The van der Waals surface area contributed by atoms with Crippen molar-refractivity contribution in [3.8, 4) is 0 Å². The molecule has 2 unspecified atom stereocenters. The van der Waals surface area contributed by atoms with Gasteiger partial charge in [-0.15, -0.1) is 0 Å². The second kappa shape index (κ2) is 6.03. The smallest absolute Gasteiger partial charge is 0.306 e. The van der Waals surface area contributed by atoms with Crippen LogP contribution in [0.25, 0.3) is 0 Å². The summed E-state index contributed by atoms with van der Waals surface area (Å²) in [7, 11) is 0. The molecule has 4 atom stereocenters. The molecular formula is C13H23NO3. The standard InChI is InChI=1S/C13H23NO3/c1-4-8(2)9(3)14-12(15)10-5-6-11(7-10)13(16)17/h8-11H,4-7H2,1-3H3,(H,14,15)(H,16,17)/t8?,9?,10-,11+/m1/s1. The third-order valence-electron chi connectivity index (χ3n) is 4.02. The molecule has 0 aromatic heterocycles. The van der Waals surface area contributed by atoms with E-state index in [1.807, 2.05) is 6.92 Å². The van der Waals surface area contributed by atoms with Crippen molar-refractivity contribution in [1.29, 1.82) is 0 Å². The van der Waals surface area contributed by atoms with Crippen molar-refractivity contribution in [2.24, 2.45) is 17.8 Å². The van der Waals surface area contributed by atoms with Crippen LogP contribution in [-0.4, -0.2) is 23.0 Å². The zero-order valence-corrected chi connectivity index (χ0v) is 10.9. The van der Waals surface area contributed by atoms with Crippen LogP contribution >= 0.6 is 0 Å². The summed E-state index contributed by atoms with van der Waals surface area (Å²) in [6, 6.07) is 0.163. The number of rotatable bonds is 5. The largest absolute Gasteiger partial charge is 0.481 e. The van der Waals surface area contributed by atoms with Crippen molar-refractivity contribution < 1.29 is 14.7 Å². The highest BCUT2D eigenvalue weighted by atomic mass is 16.4. The summed E-state index contributed by atoms with van der Waals surface area (Å²) >= 11 is 0. The number of carbonyl (C=O) groups excluding carboxylic acids is 1. The summed E-state index contributed by atoms with van der Waals surface area (Å²) in [6.45, 7) is 6.22. The van der Waals surface area contributed by atoms with Gasteiger partial charge in [-0.2, -0.15) is 0 Å². The summed E-state index contributed by atoms with van der Waals surface area (Å²) in [5.41, 5.74) is 0. The molecule has 0 saturated heterocycles. The Morgan fingerprint density at radius 3 is 2.35 bits per heavy atom. The first kappa shape index (κ1) is 14.0. The van der Waals surface area contributed by atoms with Crippen LogP contribution in [0.5, 0.6) is 0 Å². The van der Waals surface area contributed by atoms with Crippen LogP contribution in [0, 0.1) is 17.8 Å². The summed E-state index contributed by atoms with van der Waals surface area (Å²) in [5, 5.41) is 11.9. The van der Waals surface area contributed by atoms with Crippen molar-refractivity contribution in [1.82, 2.24) is 5.32 Å². The van der Waals surface area contributed by atoms with Gasteiger partial charge in [0.1, 0.15) is 0 Å². The highest BCUT2D eigenvalue weighted by Gasteiger charge is 2.34. The van der Waals surface area contributed by atoms with Crippen LogP contribution in [0.2, 0.25) is 0 Å². The Labute approximate surface area is 103 Å². The van der Waals surface area contributed by atoms with E-state index in [0.29, 0.717) is 25.2 Å². The molecule has 1 saturated carbocycles. The van der Waals surface area contributed by atoms with Gasteiger partial charge in [-0.3, -0.25) is 9.59 Å². The molecule has 4 heteroatoms. The molecule has 2 N–H and O–H groups in total. The molecule has 1 amide bonds. The number of hydrogen-bond acceptors (Lipinski definition) is 2. The molecule has 17 heavy (non-hydrogen) atoms. The first-order valence-corrected chi connectivity index (χ1v) is 6.48. The van der Waals surface area contributed by atoms with E-state index in [1.54, 1.807) is 0 Å². The van der Waals surface area contributed by atoms with Gasteiger partial charge in [0, 0.05) is 12.0 Å². The summed E-state index contributed by atoms with van der Waals surface area (Å²) in [6.07, 6.45) is 2.86. The van der Waals surface area contributed by atoms with E-state index in [-0.39, 0.29) is 23.8 Å². The monoisotopic (exact) mass is 241 g/mol. The summed E-state index contributed by atoms with van der Waals surface area (Å²) in [5.74, 6) is -0.722. The van der Waals surface area contributed by atoms with Crippen LogP contribution in [0.4, 0.5) is 0 Å². The van der Waals surface area contributed by atoms with E-state index < -0.39 is 5.97 Å². The summed E-state index contributed by atoms with van der Waals surface area (Å²) < 4.78 is 0. The topological polar surface area (TPSA) is 66.4 Å². The number of carbonyl (C=O) groups is 2. The van der Waals surface area contributed by atoms with Crippen molar-refractivity contribution in [2.75, 3.05) is 0 Å². The van der Waals surface area contributed by atoms with Gasteiger partial charge in [0.05, 0.1) is 5.92 Å². The van der Waals surface area contributed by atoms with Gasteiger partial charge in [-0.25, -0.2) is 0 Å². The molecule has 1 fully saturated rings. The predicted molar refractivity (Wildman–Crippen MR) is 65.5 cm³/mol. The fourth-order valence-electron chi connectivity index (χ4n) is 2.28. The van der Waals surface area contributed by atoms with E-state index in [9.17, 15) is 9.59 Å². The van der Waals surface area contributed by atoms with E-state index in [1.165, 1.54) is 0 Å². The Kier molecular flexibility index (Phi) is 4.97. The lowest BCUT2D eigenvalue weighted by Crippen LogP contribution is -2.40. The van der Waals surface area contributed by atoms with Crippen molar-refractivity contribution in [3.63, 3.8) is 0 Å². The average molecular weight is 241 g/mol. The fraction of sp³-hybridized carbons (Fsp3) is 0.846. The number of amides is 1. The minimum atomic E-state index is -0.768. The third kappa shape index (κ3) is 3.72. The normalized spacial score (nSPS) is 27.5. The van der Waals surface area contributed by atoms with Gasteiger partial charge in [0.25, 0.3) is 0 Å². The van der Waals surface area contributed by atoms with Gasteiger partial charge in [0.15, 0.2) is 0 Å². The molecule has 4 nitrogen and oxygen atoms in total. The third-order valence-corrected chi connectivity index (χ3v) is 4.02. The van der Waals surface area contributed by atoms with E-state index in [2.05, 4.69) is 19.2 Å². The predicted octanol–water partition coefficient (Wildman–Crippen LogP) is 2.04. The minimum absolute atomic E-state index is 0.0292. The molecule has 1 rings (SSSR count). The molecule has 0 aromatic rings. The van der Waals surface area contributed by atoms with Gasteiger partial charge < -0.3 is 10.4 Å². The van der Waals surface area contributed by atoms with E-state index in [4.69, 9.17) is 5.11 Å². The average Bonchev–Trinajstić information content (AvgIpc) is 2.77. The molecule has 1 aliphatic carbocycles. The zero-order valence-electron chi connectivity index (χ0n) is 10.9. The highest BCUT2D eigenvalue weighted by molar-refractivity contribution is 5.81. The number of aliphatic carboxylic acids is 1. The van der Waals surface area contributed by atoms with Gasteiger partial charge in [-0.1, -0.05) is 20.3 Å². The van der Waals surface area contributed by atoms with E-state index >= 15 is 0 Å². The second-order valence-electron chi connectivity index (χ2n) is 5.23. The lowest BCUT2D eigenvalue weighted by atomic mass is 9.99. The fourth-order valence-corrected chi connectivity index (χ4v) is 2.28. The minimum Gasteiger partial charge on any atom is -0.481 e. The maximum absolute atomic E-state index is 11.9. The number of carboxylic acids is 1. The van der Waals surface area contributed by atoms with Crippen LogP contribution < -0.4 is 5.32 Å². The molecule has 0 aliphatic heterocycles. The first-order chi connectivity index (χ1) is 7.95. The Morgan fingerprint density at radius 1 is 1.29 bits per heavy atom. The number of nitrogens with one attached hydrogen (secondary N) is 1. The molecule has 0 spiro atoms. The zero-order chi connectivity index (χ0) is 13.0. The van der Waals surface area contributed by atoms with E-state index in [0.717, 1.165) is 6.42 Å². The van der Waals surface area contributed by atoms with Gasteiger partial charge in [-0.05, 0) is 32.1 Å². The SMILES string of the molecule is CCC(C)C(C)NC(=O)[C@@H]1CC[C@H](C(=O)O)C1. The Hall–Kier alpha value is -1.06. The van der Waals surface area contributed by atoms with Crippen molar-refractivity contribution >= 4 is 11.9 Å². The van der Waals surface area contributed by atoms with Crippen molar-refractivity contribution in [2.45, 2.75) is 52.5 Å². The number of carboxylic acid groups (broad SMARTS) is 1. The lowest BCUT2D eigenvalue weighted by Gasteiger charge is -2.21. The Balaban J connectivity index is 2.42. The Bertz CT molecular complexity index is 290. The second-order valence-corrected chi connectivity index (χ2v) is 5.23. The van der Waals surface area contributed by atoms with Crippen LogP contribution in [0.1, 0.15) is 46.5 Å². The maximum Gasteiger partial charge on any atom is 0.306 e. The van der Waals surface area contributed by atoms with Crippen LogP contribution in [0.3, 0.4) is 0 Å². The lowest BCUT2D eigenvalue weighted by molar-refractivity contribution is -0.141. The highest BCUT2D eigenvalue weighted by Crippen LogP contribution is 2.31. The summed E-state index contributed by atoms with van der Waals surface area (Å²) in [4.78, 5) is 22.8. The quantitative estimate of drug-likeness (QED) is 0.774. The Morgan fingerprint density at radius 2 is 1.88 bits per heavy atom. The first-order valence-electron chi connectivity index (χ1n) is 6.48. The molecule has 0 aromatic carbocycles. The molecule has 1 aliphatic rings.